The molecule has 0 spiro atoms. The standard InChI is InChI=1S/C24H28N8O2/c1-14-10-27-17-6-5-15(12-32(14)17)18-19(23-26-7-8-34-23)30-21(25)20(29-18)22(33)28-11-16-9-24(2,3)13-31(16)4/h5-8,10,12,16H,9,11,13H2,1-4H3,(H2,25,30)(H,28,33). The molecule has 1 atom stereocenters. The molecule has 176 valence electrons. The van der Waals surface area contributed by atoms with Crippen LogP contribution in [0.1, 0.15) is 36.5 Å². The van der Waals surface area contributed by atoms with Crippen LogP contribution in [0.3, 0.4) is 0 Å². The lowest BCUT2D eigenvalue weighted by Crippen LogP contribution is -2.38. The second kappa shape index (κ2) is 8.21. The van der Waals surface area contributed by atoms with E-state index in [1.165, 1.54) is 12.5 Å². The van der Waals surface area contributed by atoms with E-state index in [9.17, 15) is 4.79 Å². The van der Waals surface area contributed by atoms with E-state index in [4.69, 9.17) is 10.2 Å². The molecule has 0 radical (unpaired) electrons. The summed E-state index contributed by atoms with van der Waals surface area (Å²) in [6, 6.07) is 4.02. The van der Waals surface area contributed by atoms with Crippen molar-refractivity contribution in [2.45, 2.75) is 33.2 Å². The lowest BCUT2D eigenvalue weighted by atomic mass is 9.91. The maximum absolute atomic E-state index is 13.1. The predicted molar refractivity (Wildman–Crippen MR) is 128 cm³/mol. The van der Waals surface area contributed by atoms with E-state index in [2.05, 4.69) is 51.0 Å². The number of carbonyl (C=O) groups excluding carboxylic acids is 1. The molecule has 10 nitrogen and oxygen atoms in total. The minimum atomic E-state index is -0.358. The summed E-state index contributed by atoms with van der Waals surface area (Å²) in [5.74, 6) is -0.0592. The van der Waals surface area contributed by atoms with Crippen molar-refractivity contribution < 1.29 is 9.21 Å². The Kier molecular flexibility index (Phi) is 5.32. The summed E-state index contributed by atoms with van der Waals surface area (Å²) in [5, 5.41) is 3.00. The lowest BCUT2D eigenvalue weighted by molar-refractivity contribution is 0.0939. The van der Waals surface area contributed by atoms with Crippen LogP contribution >= 0.6 is 0 Å². The largest absolute Gasteiger partial charge is 0.443 e. The van der Waals surface area contributed by atoms with Crippen molar-refractivity contribution in [3.8, 4) is 22.8 Å². The summed E-state index contributed by atoms with van der Waals surface area (Å²) in [7, 11) is 2.08. The number of carbonyl (C=O) groups is 1. The number of likely N-dealkylation sites (tertiary alicyclic amines) is 1. The zero-order valence-corrected chi connectivity index (χ0v) is 19.7. The average molecular weight is 461 g/mol. The van der Waals surface area contributed by atoms with Crippen LogP contribution < -0.4 is 11.1 Å². The summed E-state index contributed by atoms with van der Waals surface area (Å²) in [6.07, 6.45) is 7.69. The molecule has 34 heavy (non-hydrogen) atoms. The fourth-order valence-electron chi connectivity index (χ4n) is 4.73. The molecule has 0 aliphatic carbocycles. The van der Waals surface area contributed by atoms with E-state index in [0.717, 1.165) is 29.9 Å². The molecule has 0 bridgehead atoms. The molecule has 1 saturated heterocycles. The average Bonchev–Trinajstić information content (AvgIpc) is 3.51. The topological polar surface area (TPSA) is 127 Å². The molecule has 5 rings (SSSR count). The second-order valence-electron chi connectivity index (χ2n) is 9.68. The monoisotopic (exact) mass is 460 g/mol. The minimum absolute atomic E-state index is 0.0226. The Balaban J connectivity index is 1.51. The summed E-state index contributed by atoms with van der Waals surface area (Å²) >= 11 is 0. The number of hydrogen-bond acceptors (Lipinski definition) is 8. The first-order valence-corrected chi connectivity index (χ1v) is 11.2. The van der Waals surface area contributed by atoms with Gasteiger partial charge in [0.05, 0.1) is 6.20 Å². The molecule has 1 fully saturated rings. The number of anilines is 1. The number of nitrogens with one attached hydrogen (secondary N) is 1. The van der Waals surface area contributed by atoms with Gasteiger partial charge >= 0.3 is 0 Å². The van der Waals surface area contributed by atoms with Gasteiger partial charge in [-0.2, -0.15) is 0 Å². The van der Waals surface area contributed by atoms with Crippen LogP contribution in [-0.4, -0.2) is 61.3 Å². The van der Waals surface area contributed by atoms with Gasteiger partial charge < -0.3 is 24.8 Å². The third-order valence-corrected chi connectivity index (χ3v) is 6.32. The van der Waals surface area contributed by atoms with Crippen LogP contribution in [0.4, 0.5) is 5.82 Å². The van der Waals surface area contributed by atoms with Crippen molar-refractivity contribution in [2.24, 2.45) is 5.41 Å². The molecule has 1 aliphatic heterocycles. The fourth-order valence-corrected chi connectivity index (χ4v) is 4.73. The quantitative estimate of drug-likeness (QED) is 0.465. The first-order chi connectivity index (χ1) is 16.2. The summed E-state index contributed by atoms with van der Waals surface area (Å²) < 4.78 is 7.43. The minimum Gasteiger partial charge on any atom is -0.443 e. The number of nitrogen functional groups attached to an aromatic ring is 1. The predicted octanol–water partition coefficient (Wildman–Crippen LogP) is 2.80. The summed E-state index contributed by atoms with van der Waals surface area (Å²) in [5.41, 5.74) is 9.84. The number of fused-ring (bicyclic) bond motifs is 1. The van der Waals surface area contributed by atoms with E-state index in [0.29, 0.717) is 17.9 Å². The molecule has 0 aromatic carbocycles. The molecule has 1 amide bonds. The van der Waals surface area contributed by atoms with Crippen LogP contribution in [0.5, 0.6) is 0 Å². The maximum atomic E-state index is 13.1. The van der Waals surface area contributed by atoms with Crippen LogP contribution in [-0.2, 0) is 0 Å². The Morgan fingerprint density at radius 1 is 1.26 bits per heavy atom. The number of nitrogens with zero attached hydrogens (tertiary/aromatic N) is 6. The van der Waals surface area contributed by atoms with E-state index in [1.807, 2.05) is 29.7 Å². The van der Waals surface area contributed by atoms with Crippen LogP contribution in [0.15, 0.2) is 41.4 Å². The number of imidazole rings is 1. The number of aryl methyl sites for hydroxylation is 1. The van der Waals surface area contributed by atoms with Crippen molar-refractivity contribution >= 4 is 17.4 Å². The van der Waals surface area contributed by atoms with Crippen LogP contribution in [0.2, 0.25) is 0 Å². The van der Waals surface area contributed by atoms with Gasteiger partial charge in [-0.15, -0.1) is 0 Å². The Bertz CT molecular complexity index is 1360. The van der Waals surface area contributed by atoms with Gasteiger partial charge in [0.15, 0.2) is 17.2 Å². The van der Waals surface area contributed by atoms with Crippen LogP contribution in [0.25, 0.3) is 28.5 Å². The fraction of sp³-hybridized carbons (Fsp3) is 0.375. The highest BCUT2D eigenvalue weighted by Crippen LogP contribution is 2.33. The lowest BCUT2D eigenvalue weighted by Gasteiger charge is -2.19. The van der Waals surface area contributed by atoms with Gasteiger partial charge in [0.1, 0.15) is 17.6 Å². The molecule has 10 heteroatoms. The third-order valence-electron chi connectivity index (χ3n) is 6.32. The zero-order valence-electron chi connectivity index (χ0n) is 19.7. The molecule has 5 heterocycles. The molecule has 3 N–H and O–H groups in total. The number of rotatable bonds is 5. The number of amides is 1. The van der Waals surface area contributed by atoms with E-state index < -0.39 is 0 Å². The highest BCUT2D eigenvalue weighted by atomic mass is 16.3. The van der Waals surface area contributed by atoms with Crippen molar-refractivity contribution in [1.29, 1.82) is 0 Å². The van der Waals surface area contributed by atoms with E-state index >= 15 is 0 Å². The first kappa shape index (κ1) is 22.0. The number of aromatic nitrogens is 5. The zero-order chi connectivity index (χ0) is 24.0. The van der Waals surface area contributed by atoms with Gasteiger partial charge in [0.2, 0.25) is 5.89 Å². The molecule has 1 unspecified atom stereocenters. The van der Waals surface area contributed by atoms with Crippen molar-refractivity contribution in [3.05, 3.63) is 48.4 Å². The van der Waals surface area contributed by atoms with Gasteiger partial charge in [-0.1, -0.05) is 13.8 Å². The van der Waals surface area contributed by atoms with E-state index in [1.54, 1.807) is 6.20 Å². The number of pyridine rings is 1. The normalized spacial score (nSPS) is 17.9. The smallest absolute Gasteiger partial charge is 0.273 e. The number of nitrogens with two attached hydrogens (primary N) is 1. The van der Waals surface area contributed by atoms with Crippen molar-refractivity contribution in [1.82, 2.24) is 34.6 Å². The maximum Gasteiger partial charge on any atom is 0.273 e. The third kappa shape index (κ3) is 4.01. The van der Waals surface area contributed by atoms with E-state index in [-0.39, 0.29) is 34.8 Å². The summed E-state index contributed by atoms with van der Waals surface area (Å²) in [6.45, 7) is 7.94. The Morgan fingerprint density at radius 3 is 2.79 bits per heavy atom. The molecule has 4 aromatic heterocycles. The van der Waals surface area contributed by atoms with Gasteiger partial charge in [-0.05, 0) is 37.9 Å². The van der Waals surface area contributed by atoms with Crippen LogP contribution in [0, 0.1) is 12.3 Å². The molecular formula is C24H28N8O2. The molecule has 4 aromatic rings. The SMILES string of the molecule is Cc1cnc2ccc(-c3nc(C(=O)NCC4CC(C)(C)CN4C)c(N)nc3-c3ncco3)cn12. The van der Waals surface area contributed by atoms with Crippen molar-refractivity contribution in [2.75, 3.05) is 25.9 Å². The molecule has 0 saturated carbocycles. The second-order valence-corrected chi connectivity index (χ2v) is 9.68. The molecule has 1 aliphatic rings. The van der Waals surface area contributed by atoms with Gasteiger partial charge in [0, 0.05) is 42.8 Å². The van der Waals surface area contributed by atoms with Crippen molar-refractivity contribution in [3.63, 3.8) is 0 Å². The summed E-state index contributed by atoms with van der Waals surface area (Å²) in [4.78, 5) is 33.1. The Morgan fingerprint density at radius 2 is 2.09 bits per heavy atom. The molecular weight excluding hydrogens is 432 g/mol. The number of hydrogen-bond donors (Lipinski definition) is 2. The van der Waals surface area contributed by atoms with Gasteiger partial charge in [-0.25, -0.2) is 19.9 Å². The Labute approximate surface area is 197 Å². The number of oxazole rings is 1. The Hall–Kier alpha value is -3.79. The number of likely N-dealkylation sites (N-methyl/N-ethyl adjacent to an activating group) is 1. The van der Waals surface area contributed by atoms with Gasteiger partial charge in [-0.3, -0.25) is 4.79 Å². The first-order valence-electron chi connectivity index (χ1n) is 11.2. The van der Waals surface area contributed by atoms with Gasteiger partial charge in [0.25, 0.3) is 5.91 Å². The highest BCUT2D eigenvalue weighted by molar-refractivity contribution is 5.97. The highest BCUT2D eigenvalue weighted by Gasteiger charge is 2.35.